The van der Waals surface area contributed by atoms with E-state index in [1.807, 2.05) is 74.5 Å². The summed E-state index contributed by atoms with van der Waals surface area (Å²) >= 11 is 0. The number of carbonyl (C=O) groups excluding carboxylic acids is 2. The van der Waals surface area contributed by atoms with Gasteiger partial charge in [0.2, 0.25) is 11.8 Å². The van der Waals surface area contributed by atoms with E-state index in [1.165, 1.54) is 0 Å². The van der Waals surface area contributed by atoms with Crippen LogP contribution < -0.4 is 19.7 Å². The number of nitrogens with one attached hydrogen (secondary N) is 1. The number of hydrogen-bond donors (Lipinski definition) is 1. The summed E-state index contributed by atoms with van der Waals surface area (Å²) in [5.74, 6) is 1.58. The van der Waals surface area contributed by atoms with Crippen molar-refractivity contribution in [3.63, 3.8) is 0 Å². The van der Waals surface area contributed by atoms with E-state index >= 15 is 0 Å². The number of hydrogen-bond acceptors (Lipinski definition) is 4. The van der Waals surface area contributed by atoms with Gasteiger partial charge in [-0.05, 0) is 80.1 Å². The molecule has 2 amide bonds. The van der Waals surface area contributed by atoms with E-state index < -0.39 is 5.92 Å². The predicted octanol–water partition coefficient (Wildman–Crippen LogP) is 5.18. The molecule has 6 nitrogen and oxygen atoms in total. The topological polar surface area (TPSA) is 67.9 Å². The molecule has 1 fully saturated rings. The fourth-order valence-corrected chi connectivity index (χ4v) is 3.69. The molecular formula is C26H26N2O4. The van der Waals surface area contributed by atoms with Crippen LogP contribution in [0.15, 0.2) is 72.8 Å². The molecule has 3 aromatic carbocycles. The highest BCUT2D eigenvalue weighted by molar-refractivity contribution is 6.03. The lowest BCUT2D eigenvalue weighted by molar-refractivity contribution is -0.122. The van der Waals surface area contributed by atoms with Gasteiger partial charge in [0, 0.05) is 24.3 Å². The van der Waals surface area contributed by atoms with Crippen molar-refractivity contribution >= 4 is 23.2 Å². The number of rotatable bonds is 7. The van der Waals surface area contributed by atoms with Crippen molar-refractivity contribution in [2.24, 2.45) is 5.92 Å². The first kappa shape index (κ1) is 21.4. The Morgan fingerprint density at radius 1 is 1.00 bits per heavy atom. The lowest BCUT2D eigenvalue weighted by Gasteiger charge is -2.17. The van der Waals surface area contributed by atoms with E-state index in [2.05, 4.69) is 5.32 Å². The number of amides is 2. The van der Waals surface area contributed by atoms with Crippen LogP contribution in [0.3, 0.4) is 0 Å². The summed E-state index contributed by atoms with van der Waals surface area (Å²) in [6.45, 7) is 4.87. The van der Waals surface area contributed by atoms with Crippen LogP contribution in [0.5, 0.6) is 17.2 Å². The van der Waals surface area contributed by atoms with Crippen LogP contribution in [0.1, 0.15) is 18.9 Å². The van der Waals surface area contributed by atoms with Gasteiger partial charge in [-0.25, -0.2) is 0 Å². The Kier molecular flexibility index (Phi) is 6.40. The van der Waals surface area contributed by atoms with Crippen molar-refractivity contribution in [2.75, 3.05) is 23.4 Å². The van der Waals surface area contributed by atoms with Crippen LogP contribution in [-0.2, 0) is 9.59 Å². The number of benzene rings is 3. The third-order valence-electron chi connectivity index (χ3n) is 5.30. The highest BCUT2D eigenvalue weighted by atomic mass is 16.5. The third-order valence-corrected chi connectivity index (χ3v) is 5.30. The zero-order chi connectivity index (χ0) is 22.5. The summed E-state index contributed by atoms with van der Waals surface area (Å²) in [6, 6.07) is 22.4. The zero-order valence-electron chi connectivity index (χ0n) is 18.2. The molecule has 6 heteroatoms. The van der Waals surface area contributed by atoms with Gasteiger partial charge < -0.3 is 19.7 Å². The summed E-state index contributed by atoms with van der Waals surface area (Å²) in [6.07, 6.45) is 0.188. The molecule has 32 heavy (non-hydrogen) atoms. The Balaban J connectivity index is 1.35. The van der Waals surface area contributed by atoms with Crippen molar-refractivity contribution in [1.82, 2.24) is 0 Å². The van der Waals surface area contributed by atoms with E-state index in [0.29, 0.717) is 24.6 Å². The van der Waals surface area contributed by atoms with Crippen LogP contribution in [-0.4, -0.2) is 25.0 Å². The highest BCUT2D eigenvalue weighted by Gasteiger charge is 2.35. The Labute approximate surface area is 187 Å². The molecule has 1 atom stereocenters. The maximum atomic E-state index is 12.7. The molecule has 0 bridgehead atoms. The molecule has 0 aliphatic carbocycles. The molecule has 0 spiro atoms. The Morgan fingerprint density at radius 2 is 1.72 bits per heavy atom. The van der Waals surface area contributed by atoms with Crippen molar-refractivity contribution in [3.8, 4) is 17.2 Å². The van der Waals surface area contributed by atoms with E-state index in [-0.39, 0.29) is 18.2 Å². The Morgan fingerprint density at radius 3 is 2.41 bits per heavy atom. The van der Waals surface area contributed by atoms with Crippen LogP contribution >= 0.6 is 0 Å². The summed E-state index contributed by atoms with van der Waals surface area (Å²) in [5.41, 5.74) is 2.56. The average Bonchev–Trinajstić information content (AvgIpc) is 3.18. The molecule has 0 aromatic heterocycles. The number of aryl methyl sites for hydroxylation is 1. The van der Waals surface area contributed by atoms with Gasteiger partial charge >= 0.3 is 0 Å². The lowest BCUT2D eigenvalue weighted by atomic mass is 10.1. The first-order valence-electron chi connectivity index (χ1n) is 10.7. The van der Waals surface area contributed by atoms with Gasteiger partial charge in [0.1, 0.15) is 17.2 Å². The molecular weight excluding hydrogens is 404 g/mol. The van der Waals surface area contributed by atoms with Crippen LogP contribution in [0.4, 0.5) is 11.4 Å². The summed E-state index contributed by atoms with van der Waals surface area (Å²) < 4.78 is 11.3. The first-order chi connectivity index (χ1) is 15.5. The van der Waals surface area contributed by atoms with Crippen molar-refractivity contribution in [3.05, 3.63) is 78.4 Å². The molecule has 1 aliphatic rings. The first-order valence-corrected chi connectivity index (χ1v) is 10.7. The van der Waals surface area contributed by atoms with E-state index in [9.17, 15) is 9.59 Å². The second-order valence-corrected chi connectivity index (χ2v) is 7.76. The maximum Gasteiger partial charge on any atom is 0.229 e. The molecule has 4 rings (SSSR count). The molecule has 1 heterocycles. The number of ether oxygens (including phenoxy) is 2. The fraction of sp³-hybridized carbons (Fsp3) is 0.231. The van der Waals surface area contributed by atoms with Gasteiger partial charge in [-0.15, -0.1) is 0 Å². The normalized spacial score (nSPS) is 15.5. The van der Waals surface area contributed by atoms with Gasteiger partial charge in [0.15, 0.2) is 0 Å². The quantitative estimate of drug-likeness (QED) is 0.561. The Hall–Kier alpha value is -3.80. The second-order valence-electron chi connectivity index (χ2n) is 7.76. The number of carbonyl (C=O) groups is 2. The van der Waals surface area contributed by atoms with E-state index in [1.54, 1.807) is 17.0 Å². The monoisotopic (exact) mass is 430 g/mol. The van der Waals surface area contributed by atoms with Gasteiger partial charge in [0.05, 0.1) is 12.5 Å². The number of nitrogens with zero attached hydrogens (tertiary/aromatic N) is 1. The van der Waals surface area contributed by atoms with Crippen molar-refractivity contribution in [1.29, 1.82) is 0 Å². The van der Waals surface area contributed by atoms with E-state index in [4.69, 9.17) is 9.47 Å². The van der Waals surface area contributed by atoms with Gasteiger partial charge in [-0.3, -0.25) is 9.59 Å². The SMILES string of the molecule is CCOc1ccc(N2C[C@@H](C(=O)Nc3ccc(Oc4cccc(C)c4)cc3)CC2=O)cc1. The smallest absolute Gasteiger partial charge is 0.229 e. The fourth-order valence-electron chi connectivity index (χ4n) is 3.69. The van der Waals surface area contributed by atoms with Crippen molar-refractivity contribution < 1.29 is 19.1 Å². The molecule has 1 N–H and O–H groups in total. The lowest BCUT2D eigenvalue weighted by Crippen LogP contribution is -2.28. The van der Waals surface area contributed by atoms with Crippen molar-refractivity contribution in [2.45, 2.75) is 20.3 Å². The van der Waals surface area contributed by atoms with Crippen LogP contribution in [0.2, 0.25) is 0 Å². The maximum absolute atomic E-state index is 12.7. The summed E-state index contributed by atoms with van der Waals surface area (Å²) in [5, 5.41) is 2.91. The molecule has 164 valence electrons. The molecule has 0 radical (unpaired) electrons. The molecule has 0 saturated carbocycles. The third kappa shape index (κ3) is 5.09. The summed E-state index contributed by atoms with van der Waals surface area (Å²) in [4.78, 5) is 26.9. The molecule has 0 unspecified atom stereocenters. The highest BCUT2D eigenvalue weighted by Crippen LogP contribution is 2.28. The molecule has 1 aliphatic heterocycles. The molecule has 3 aromatic rings. The van der Waals surface area contributed by atoms with Crippen LogP contribution in [0.25, 0.3) is 0 Å². The van der Waals surface area contributed by atoms with Crippen LogP contribution in [0, 0.1) is 12.8 Å². The Bertz CT molecular complexity index is 1090. The van der Waals surface area contributed by atoms with E-state index in [0.717, 1.165) is 22.7 Å². The minimum atomic E-state index is -0.405. The standard InChI is InChI=1S/C26H26N2O4/c1-3-31-22-13-9-21(10-14-22)28-17-19(16-25(28)29)26(30)27-20-7-11-23(12-8-20)32-24-6-4-5-18(2)15-24/h4-15,19H,3,16-17H2,1-2H3,(H,27,30)/t19-/m0/s1. The molecule has 1 saturated heterocycles. The second kappa shape index (κ2) is 9.56. The zero-order valence-corrected chi connectivity index (χ0v) is 18.2. The largest absolute Gasteiger partial charge is 0.494 e. The number of anilines is 2. The predicted molar refractivity (Wildman–Crippen MR) is 124 cm³/mol. The summed E-state index contributed by atoms with van der Waals surface area (Å²) in [7, 11) is 0. The average molecular weight is 431 g/mol. The van der Waals surface area contributed by atoms with Gasteiger partial charge in [-0.1, -0.05) is 12.1 Å². The van der Waals surface area contributed by atoms with Gasteiger partial charge in [-0.2, -0.15) is 0 Å². The van der Waals surface area contributed by atoms with Gasteiger partial charge in [0.25, 0.3) is 0 Å². The minimum absolute atomic E-state index is 0.0591. The minimum Gasteiger partial charge on any atom is -0.494 e.